The van der Waals surface area contributed by atoms with Gasteiger partial charge in [0.05, 0.1) is 38.8 Å². The molecule has 1 aromatic carbocycles. The summed E-state index contributed by atoms with van der Waals surface area (Å²) in [4.78, 5) is 13.2. The van der Waals surface area contributed by atoms with Crippen LogP contribution in [0.15, 0.2) is 22.1 Å². The van der Waals surface area contributed by atoms with Crippen LogP contribution in [-0.4, -0.2) is 58.1 Å². The molecule has 1 spiro atoms. The van der Waals surface area contributed by atoms with Gasteiger partial charge >= 0.3 is 0 Å². The van der Waals surface area contributed by atoms with Gasteiger partial charge in [-0.1, -0.05) is 6.42 Å². The highest BCUT2D eigenvalue weighted by Gasteiger charge is 2.44. The normalized spacial score (nSPS) is 21.6. The molecule has 0 unspecified atom stereocenters. The van der Waals surface area contributed by atoms with Gasteiger partial charge in [0.25, 0.3) is 0 Å². The van der Waals surface area contributed by atoms with Crippen molar-refractivity contribution in [3.63, 3.8) is 0 Å². The van der Waals surface area contributed by atoms with Crippen LogP contribution >= 0.6 is 0 Å². The number of anilines is 2. The number of morpholine rings is 1. The highest BCUT2D eigenvalue weighted by atomic mass is 16.5. The average molecular weight is 402 g/mol. The number of benzene rings is 1. The van der Waals surface area contributed by atoms with Gasteiger partial charge < -0.3 is 30.6 Å². The molecule has 9 nitrogen and oxygen atoms in total. The molecule has 4 rings (SSSR count). The number of methoxy groups -OCH3 is 2. The number of nitrogens with two attached hydrogens (primary N) is 2. The third-order valence-corrected chi connectivity index (χ3v) is 5.92. The standard InChI is InChI=1S/C20H30N6O3/c1-27-16-13-15(17(28-2)12-14(16)25-8-10-29-11-9-25)26-19(22)23-18(21)24-20(26)6-4-3-5-7-20/h12-13H,3-11H2,1-2H3,(H4,21,22,23,24). The maximum atomic E-state index is 6.39. The molecule has 1 saturated carbocycles. The van der Waals surface area contributed by atoms with Crippen LogP contribution in [0.25, 0.3) is 0 Å². The number of hydrogen-bond donors (Lipinski definition) is 2. The molecular formula is C20H30N6O3. The summed E-state index contributed by atoms with van der Waals surface area (Å²) in [5.74, 6) is 2.02. The Morgan fingerprint density at radius 1 is 0.966 bits per heavy atom. The molecule has 29 heavy (non-hydrogen) atoms. The first-order chi connectivity index (χ1) is 14.1. The smallest absolute Gasteiger partial charge is 0.220 e. The van der Waals surface area contributed by atoms with Crippen molar-refractivity contribution in [3.8, 4) is 11.5 Å². The van der Waals surface area contributed by atoms with Crippen LogP contribution in [0.3, 0.4) is 0 Å². The Bertz CT molecular complexity index is 813. The predicted molar refractivity (Wildman–Crippen MR) is 114 cm³/mol. The van der Waals surface area contributed by atoms with Crippen molar-refractivity contribution >= 4 is 23.3 Å². The molecule has 0 aromatic heterocycles. The van der Waals surface area contributed by atoms with Crippen LogP contribution in [0.4, 0.5) is 11.4 Å². The van der Waals surface area contributed by atoms with E-state index in [1.54, 1.807) is 14.2 Å². The summed E-state index contributed by atoms with van der Waals surface area (Å²) in [5.41, 5.74) is 13.6. The first kappa shape index (κ1) is 19.6. The molecule has 1 aromatic rings. The zero-order chi connectivity index (χ0) is 20.4. The van der Waals surface area contributed by atoms with Crippen molar-refractivity contribution in [2.75, 3.05) is 50.3 Å². The average Bonchev–Trinajstić information content (AvgIpc) is 2.74. The summed E-state index contributed by atoms with van der Waals surface area (Å²) < 4.78 is 17.0. The molecule has 2 aliphatic heterocycles. The van der Waals surface area contributed by atoms with E-state index >= 15 is 0 Å². The first-order valence-corrected chi connectivity index (χ1v) is 10.2. The lowest BCUT2D eigenvalue weighted by Crippen LogP contribution is -2.58. The summed E-state index contributed by atoms with van der Waals surface area (Å²) in [6, 6.07) is 3.98. The Labute approximate surface area is 171 Å². The molecule has 9 heteroatoms. The van der Waals surface area contributed by atoms with Crippen LogP contribution in [0, 0.1) is 0 Å². The number of nitrogens with zero attached hydrogens (tertiary/aromatic N) is 4. The zero-order valence-electron chi connectivity index (χ0n) is 17.2. The van der Waals surface area contributed by atoms with E-state index in [2.05, 4.69) is 9.89 Å². The monoisotopic (exact) mass is 402 g/mol. The number of aliphatic imine (C=N–C) groups is 2. The Morgan fingerprint density at radius 3 is 2.24 bits per heavy atom. The molecule has 1 saturated heterocycles. The van der Waals surface area contributed by atoms with Crippen molar-refractivity contribution in [2.24, 2.45) is 21.5 Å². The topological polar surface area (TPSA) is 111 Å². The van der Waals surface area contributed by atoms with E-state index in [0.29, 0.717) is 24.9 Å². The second-order valence-corrected chi connectivity index (χ2v) is 7.61. The zero-order valence-corrected chi connectivity index (χ0v) is 17.2. The van der Waals surface area contributed by atoms with Crippen LogP contribution in [0.5, 0.6) is 11.5 Å². The Morgan fingerprint density at radius 2 is 1.59 bits per heavy atom. The molecule has 0 bridgehead atoms. The molecule has 0 atom stereocenters. The SMILES string of the molecule is COc1cc(N2C(N)=NC(N)=NC23CCCCC3)c(OC)cc1N1CCOCC1. The highest BCUT2D eigenvalue weighted by Crippen LogP contribution is 2.46. The molecule has 4 N–H and O–H groups in total. The van der Waals surface area contributed by atoms with Gasteiger partial charge in [-0.15, -0.1) is 0 Å². The lowest BCUT2D eigenvalue weighted by atomic mass is 9.87. The van der Waals surface area contributed by atoms with Gasteiger partial charge in [-0.2, -0.15) is 4.99 Å². The largest absolute Gasteiger partial charge is 0.494 e. The van der Waals surface area contributed by atoms with Gasteiger partial charge in [-0.05, 0) is 25.7 Å². The van der Waals surface area contributed by atoms with E-state index in [4.69, 9.17) is 30.7 Å². The maximum absolute atomic E-state index is 6.39. The van der Waals surface area contributed by atoms with E-state index < -0.39 is 5.66 Å². The lowest BCUT2D eigenvalue weighted by Gasteiger charge is -2.46. The number of ether oxygens (including phenoxy) is 3. The highest BCUT2D eigenvalue weighted by molar-refractivity contribution is 6.06. The number of guanidine groups is 2. The third kappa shape index (κ3) is 3.55. The quantitative estimate of drug-likeness (QED) is 0.788. The van der Waals surface area contributed by atoms with E-state index in [1.807, 2.05) is 17.0 Å². The fraction of sp³-hybridized carbons (Fsp3) is 0.600. The number of rotatable bonds is 4. The molecule has 3 aliphatic rings. The minimum Gasteiger partial charge on any atom is -0.494 e. The van der Waals surface area contributed by atoms with Gasteiger partial charge in [-0.25, -0.2) is 4.99 Å². The molecular weight excluding hydrogens is 372 g/mol. The summed E-state index contributed by atoms with van der Waals surface area (Å²) in [6.45, 7) is 2.99. The molecule has 158 valence electrons. The summed E-state index contributed by atoms with van der Waals surface area (Å²) in [6.07, 6.45) is 5.03. The predicted octanol–water partition coefficient (Wildman–Crippen LogP) is 1.65. The lowest BCUT2D eigenvalue weighted by molar-refractivity contribution is 0.122. The first-order valence-electron chi connectivity index (χ1n) is 10.2. The van der Waals surface area contributed by atoms with Crippen LogP contribution in [-0.2, 0) is 4.74 Å². The van der Waals surface area contributed by atoms with Crippen LogP contribution in [0.1, 0.15) is 32.1 Å². The van der Waals surface area contributed by atoms with Gasteiger partial charge in [0.1, 0.15) is 17.2 Å². The molecule has 2 fully saturated rings. The Hall–Kier alpha value is -2.68. The Balaban J connectivity index is 1.81. The van der Waals surface area contributed by atoms with Crippen LogP contribution < -0.4 is 30.7 Å². The van der Waals surface area contributed by atoms with Gasteiger partial charge in [-0.3, -0.25) is 4.90 Å². The summed E-state index contributed by atoms with van der Waals surface area (Å²) >= 11 is 0. The molecule has 0 radical (unpaired) electrons. The second kappa shape index (κ2) is 7.98. The third-order valence-electron chi connectivity index (χ3n) is 5.92. The van der Waals surface area contributed by atoms with Gasteiger partial charge in [0.2, 0.25) is 11.9 Å². The van der Waals surface area contributed by atoms with Gasteiger partial charge in [0.15, 0.2) is 0 Å². The fourth-order valence-corrected chi connectivity index (χ4v) is 4.56. The van der Waals surface area contributed by atoms with E-state index in [1.165, 1.54) is 6.42 Å². The van der Waals surface area contributed by atoms with E-state index in [0.717, 1.165) is 55.9 Å². The van der Waals surface area contributed by atoms with Crippen molar-refractivity contribution in [1.82, 2.24) is 0 Å². The van der Waals surface area contributed by atoms with Crippen molar-refractivity contribution in [1.29, 1.82) is 0 Å². The second-order valence-electron chi connectivity index (χ2n) is 7.61. The van der Waals surface area contributed by atoms with E-state index in [-0.39, 0.29) is 5.96 Å². The van der Waals surface area contributed by atoms with Crippen molar-refractivity contribution in [3.05, 3.63) is 12.1 Å². The number of hydrogen-bond acceptors (Lipinski definition) is 9. The minimum absolute atomic E-state index is 0.233. The summed E-state index contributed by atoms with van der Waals surface area (Å²) in [7, 11) is 3.34. The molecule has 2 heterocycles. The summed E-state index contributed by atoms with van der Waals surface area (Å²) in [5, 5.41) is 0. The van der Waals surface area contributed by atoms with Crippen LogP contribution in [0.2, 0.25) is 0 Å². The Kier molecular flexibility index (Phi) is 5.40. The van der Waals surface area contributed by atoms with Crippen molar-refractivity contribution < 1.29 is 14.2 Å². The van der Waals surface area contributed by atoms with Gasteiger partial charge in [0, 0.05) is 25.2 Å². The fourth-order valence-electron chi connectivity index (χ4n) is 4.56. The maximum Gasteiger partial charge on any atom is 0.220 e. The van der Waals surface area contributed by atoms with Crippen molar-refractivity contribution in [2.45, 2.75) is 37.8 Å². The molecule has 0 amide bonds. The molecule has 1 aliphatic carbocycles. The van der Waals surface area contributed by atoms with E-state index in [9.17, 15) is 0 Å². The minimum atomic E-state index is -0.535.